The second-order valence-corrected chi connectivity index (χ2v) is 4.90. The zero-order chi connectivity index (χ0) is 15.2. The van der Waals surface area contributed by atoms with Crippen LogP contribution in [0, 0.1) is 6.92 Å². The first-order chi connectivity index (χ1) is 10.0. The third-order valence-electron chi connectivity index (χ3n) is 3.00. The van der Waals surface area contributed by atoms with Crippen LogP contribution in [0.1, 0.15) is 22.8 Å². The number of aryl methyl sites for hydroxylation is 1. The quantitative estimate of drug-likeness (QED) is 0.828. The van der Waals surface area contributed by atoms with E-state index < -0.39 is 0 Å². The number of ketones is 1. The first-order valence-electron chi connectivity index (χ1n) is 6.76. The topological polar surface area (TPSA) is 58.2 Å². The average Bonchev–Trinajstić information content (AvgIpc) is 2.45. The van der Waals surface area contributed by atoms with Crippen LogP contribution in [0.25, 0.3) is 0 Å². The van der Waals surface area contributed by atoms with Gasteiger partial charge in [-0.15, -0.1) is 0 Å². The summed E-state index contributed by atoms with van der Waals surface area (Å²) in [6.07, 6.45) is 0. The third-order valence-corrected chi connectivity index (χ3v) is 3.00. The molecule has 0 atom stereocenters. The molecule has 0 saturated heterocycles. The third kappa shape index (κ3) is 4.45. The van der Waals surface area contributed by atoms with Gasteiger partial charge in [0.05, 0.1) is 6.54 Å². The molecule has 0 spiro atoms. The van der Waals surface area contributed by atoms with E-state index in [2.05, 4.69) is 10.6 Å². The van der Waals surface area contributed by atoms with Crippen LogP contribution in [0.15, 0.2) is 48.5 Å². The normalized spacial score (nSPS) is 10.0. The maximum Gasteiger partial charge on any atom is 0.221 e. The predicted octanol–water partition coefficient (Wildman–Crippen LogP) is 3.25. The summed E-state index contributed by atoms with van der Waals surface area (Å²) in [6.45, 7) is 3.70. The summed E-state index contributed by atoms with van der Waals surface area (Å²) in [7, 11) is 0. The molecule has 4 nitrogen and oxygen atoms in total. The number of carbonyl (C=O) groups excluding carboxylic acids is 2. The highest BCUT2D eigenvalue weighted by Crippen LogP contribution is 2.12. The Bertz CT molecular complexity index is 648. The molecule has 0 fully saturated rings. The number of hydrogen-bond donors (Lipinski definition) is 2. The predicted molar refractivity (Wildman–Crippen MR) is 84.7 cm³/mol. The van der Waals surface area contributed by atoms with Crippen molar-refractivity contribution in [1.82, 2.24) is 0 Å². The van der Waals surface area contributed by atoms with Crippen LogP contribution >= 0.6 is 0 Å². The SMILES string of the molecule is CC(=O)Nc1ccc(C(=O)CNc2cccc(C)c2)cc1. The van der Waals surface area contributed by atoms with Gasteiger partial charge >= 0.3 is 0 Å². The minimum Gasteiger partial charge on any atom is -0.378 e. The molecule has 0 heterocycles. The number of benzene rings is 2. The number of nitrogens with one attached hydrogen (secondary N) is 2. The van der Waals surface area contributed by atoms with Crippen LogP contribution in [0.5, 0.6) is 0 Å². The monoisotopic (exact) mass is 282 g/mol. The molecule has 4 heteroatoms. The Morgan fingerprint density at radius 2 is 1.71 bits per heavy atom. The van der Waals surface area contributed by atoms with Crippen molar-refractivity contribution in [2.24, 2.45) is 0 Å². The summed E-state index contributed by atoms with van der Waals surface area (Å²) in [5.41, 5.74) is 3.38. The molecule has 2 rings (SSSR count). The van der Waals surface area contributed by atoms with E-state index in [4.69, 9.17) is 0 Å². The van der Waals surface area contributed by atoms with Gasteiger partial charge in [-0.3, -0.25) is 9.59 Å². The van der Waals surface area contributed by atoms with Crippen LogP contribution in [0.2, 0.25) is 0 Å². The van der Waals surface area contributed by atoms with Gasteiger partial charge in [0.1, 0.15) is 0 Å². The number of Topliss-reactive ketones (excluding diaryl/α,β-unsaturated/α-hetero) is 1. The summed E-state index contributed by atoms with van der Waals surface area (Å²) in [5.74, 6) is -0.124. The van der Waals surface area contributed by atoms with Crippen molar-refractivity contribution in [2.75, 3.05) is 17.2 Å². The van der Waals surface area contributed by atoms with E-state index in [9.17, 15) is 9.59 Å². The summed E-state index contributed by atoms with van der Waals surface area (Å²) < 4.78 is 0. The van der Waals surface area contributed by atoms with Crippen molar-refractivity contribution in [3.8, 4) is 0 Å². The Morgan fingerprint density at radius 3 is 2.33 bits per heavy atom. The average molecular weight is 282 g/mol. The molecule has 0 aliphatic carbocycles. The zero-order valence-electron chi connectivity index (χ0n) is 12.1. The highest BCUT2D eigenvalue weighted by Gasteiger charge is 2.06. The zero-order valence-corrected chi connectivity index (χ0v) is 12.1. The van der Waals surface area contributed by atoms with Crippen molar-refractivity contribution in [2.45, 2.75) is 13.8 Å². The largest absolute Gasteiger partial charge is 0.378 e. The minimum absolute atomic E-state index is 0.00545. The Hall–Kier alpha value is -2.62. The van der Waals surface area contributed by atoms with Gasteiger partial charge in [-0.25, -0.2) is 0 Å². The molecule has 0 radical (unpaired) electrons. The van der Waals surface area contributed by atoms with Gasteiger partial charge < -0.3 is 10.6 Å². The van der Waals surface area contributed by atoms with Crippen LogP contribution in [-0.4, -0.2) is 18.2 Å². The maximum absolute atomic E-state index is 12.1. The highest BCUT2D eigenvalue weighted by atomic mass is 16.1. The summed E-state index contributed by atoms with van der Waals surface area (Å²) in [4.78, 5) is 23.0. The van der Waals surface area contributed by atoms with E-state index in [1.807, 2.05) is 31.2 Å². The van der Waals surface area contributed by atoms with E-state index in [-0.39, 0.29) is 18.2 Å². The number of amides is 1. The second-order valence-electron chi connectivity index (χ2n) is 4.90. The molecule has 0 saturated carbocycles. The molecule has 2 aromatic carbocycles. The fourth-order valence-corrected chi connectivity index (χ4v) is 1.98. The number of anilines is 2. The molecule has 0 aliphatic rings. The molecule has 0 unspecified atom stereocenters. The first kappa shape index (κ1) is 14.8. The standard InChI is InChI=1S/C17H18N2O2/c1-12-4-3-5-16(10-12)18-11-17(21)14-6-8-15(9-7-14)19-13(2)20/h3-10,18H,11H2,1-2H3,(H,19,20). The van der Waals surface area contributed by atoms with E-state index in [1.165, 1.54) is 6.92 Å². The fraction of sp³-hybridized carbons (Fsp3) is 0.176. The van der Waals surface area contributed by atoms with Crippen LogP contribution in [0.4, 0.5) is 11.4 Å². The van der Waals surface area contributed by atoms with Gasteiger partial charge in [-0.2, -0.15) is 0 Å². The van der Waals surface area contributed by atoms with E-state index in [0.29, 0.717) is 11.3 Å². The van der Waals surface area contributed by atoms with Crippen molar-refractivity contribution >= 4 is 23.1 Å². The highest BCUT2D eigenvalue weighted by molar-refractivity contribution is 5.99. The van der Waals surface area contributed by atoms with E-state index in [1.54, 1.807) is 24.3 Å². The Balaban J connectivity index is 1.95. The first-order valence-corrected chi connectivity index (χ1v) is 6.76. The van der Waals surface area contributed by atoms with Crippen molar-refractivity contribution in [3.63, 3.8) is 0 Å². The van der Waals surface area contributed by atoms with Gasteiger partial charge in [0.15, 0.2) is 5.78 Å². The van der Waals surface area contributed by atoms with Gasteiger partial charge in [0.25, 0.3) is 0 Å². The summed E-state index contributed by atoms with van der Waals surface area (Å²) in [5, 5.41) is 5.78. The van der Waals surface area contributed by atoms with Gasteiger partial charge in [0.2, 0.25) is 5.91 Å². The molecule has 108 valence electrons. The minimum atomic E-state index is -0.129. The molecule has 0 bridgehead atoms. The summed E-state index contributed by atoms with van der Waals surface area (Å²) in [6, 6.07) is 14.8. The maximum atomic E-state index is 12.1. The lowest BCUT2D eigenvalue weighted by atomic mass is 10.1. The smallest absolute Gasteiger partial charge is 0.221 e. The summed E-state index contributed by atoms with van der Waals surface area (Å²) >= 11 is 0. The molecule has 2 aromatic rings. The molecule has 2 N–H and O–H groups in total. The Morgan fingerprint density at radius 1 is 1.00 bits per heavy atom. The molecular formula is C17H18N2O2. The molecule has 0 aromatic heterocycles. The lowest BCUT2D eigenvalue weighted by Crippen LogP contribution is -2.14. The Kier molecular flexibility index (Phi) is 4.72. The molecular weight excluding hydrogens is 264 g/mol. The number of carbonyl (C=O) groups is 2. The second kappa shape index (κ2) is 6.70. The molecule has 0 aliphatic heterocycles. The lowest BCUT2D eigenvalue weighted by Gasteiger charge is -2.07. The van der Waals surface area contributed by atoms with Crippen LogP contribution in [0.3, 0.4) is 0 Å². The molecule has 1 amide bonds. The van der Waals surface area contributed by atoms with Crippen molar-refractivity contribution in [3.05, 3.63) is 59.7 Å². The number of hydrogen-bond acceptors (Lipinski definition) is 3. The van der Waals surface area contributed by atoms with E-state index in [0.717, 1.165) is 11.3 Å². The van der Waals surface area contributed by atoms with Crippen LogP contribution < -0.4 is 10.6 Å². The van der Waals surface area contributed by atoms with Crippen LogP contribution in [-0.2, 0) is 4.79 Å². The van der Waals surface area contributed by atoms with Gasteiger partial charge in [-0.1, -0.05) is 12.1 Å². The van der Waals surface area contributed by atoms with Crippen molar-refractivity contribution in [1.29, 1.82) is 0 Å². The van der Waals surface area contributed by atoms with E-state index >= 15 is 0 Å². The Labute approximate surface area is 124 Å². The molecule has 21 heavy (non-hydrogen) atoms. The van der Waals surface area contributed by atoms with Gasteiger partial charge in [-0.05, 0) is 48.9 Å². The number of rotatable bonds is 5. The fourth-order valence-electron chi connectivity index (χ4n) is 1.98. The lowest BCUT2D eigenvalue weighted by molar-refractivity contribution is -0.114. The van der Waals surface area contributed by atoms with Crippen molar-refractivity contribution < 1.29 is 9.59 Å². The van der Waals surface area contributed by atoms with Gasteiger partial charge in [0, 0.05) is 23.9 Å².